The number of halogens is 1. The monoisotopic (exact) mass is 262 g/mol. The summed E-state index contributed by atoms with van der Waals surface area (Å²) in [5.74, 6) is 0.882. The second-order valence-electron chi connectivity index (χ2n) is 4.03. The molecule has 2 aromatic rings. The summed E-state index contributed by atoms with van der Waals surface area (Å²) in [6.07, 6.45) is 2.48. The van der Waals surface area contributed by atoms with Gasteiger partial charge in [-0.15, -0.1) is 0 Å². The Morgan fingerprint density at radius 1 is 1.33 bits per heavy atom. The molecule has 1 heterocycles. The number of rotatable bonds is 4. The van der Waals surface area contributed by atoms with Gasteiger partial charge in [0.15, 0.2) is 0 Å². The number of aryl methyl sites for hydroxylation is 1. The lowest BCUT2D eigenvalue weighted by Crippen LogP contribution is -1.99. The minimum Gasteiger partial charge on any atom is -0.494 e. The van der Waals surface area contributed by atoms with Crippen LogP contribution in [0.3, 0.4) is 0 Å². The SMILES string of the molecule is CCOc1cccc(Cc2nc(Cl)ncc2C)c1. The highest BCUT2D eigenvalue weighted by Gasteiger charge is 2.05. The second-order valence-corrected chi connectivity index (χ2v) is 4.36. The van der Waals surface area contributed by atoms with Gasteiger partial charge in [0.1, 0.15) is 5.75 Å². The molecule has 4 heteroatoms. The van der Waals surface area contributed by atoms with E-state index in [-0.39, 0.29) is 5.28 Å². The van der Waals surface area contributed by atoms with Crippen LogP contribution < -0.4 is 4.74 Å². The molecule has 0 aliphatic heterocycles. The van der Waals surface area contributed by atoms with E-state index in [1.807, 2.05) is 32.0 Å². The van der Waals surface area contributed by atoms with Crippen LogP contribution in [0, 0.1) is 6.92 Å². The number of ether oxygens (including phenoxy) is 1. The van der Waals surface area contributed by atoms with Gasteiger partial charge in [-0.2, -0.15) is 0 Å². The van der Waals surface area contributed by atoms with E-state index in [1.165, 1.54) is 0 Å². The van der Waals surface area contributed by atoms with Crippen molar-refractivity contribution in [2.75, 3.05) is 6.61 Å². The smallest absolute Gasteiger partial charge is 0.222 e. The first-order valence-corrected chi connectivity index (χ1v) is 6.26. The Morgan fingerprint density at radius 2 is 2.17 bits per heavy atom. The first-order valence-electron chi connectivity index (χ1n) is 5.89. The fourth-order valence-corrected chi connectivity index (χ4v) is 1.89. The molecule has 94 valence electrons. The largest absolute Gasteiger partial charge is 0.494 e. The van der Waals surface area contributed by atoms with Crippen molar-refractivity contribution < 1.29 is 4.74 Å². The number of benzene rings is 1. The van der Waals surface area contributed by atoms with E-state index in [2.05, 4.69) is 16.0 Å². The first-order chi connectivity index (χ1) is 8.69. The van der Waals surface area contributed by atoms with E-state index < -0.39 is 0 Å². The average Bonchev–Trinajstić information content (AvgIpc) is 2.35. The van der Waals surface area contributed by atoms with Gasteiger partial charge < -0.3 is 4.74 Å². The van der Waals surface area contributed by atoms with E-state index in [4.69, 9.17) is 16.3 Å². The van der Waals surface area contributed by atoms with Gasteiger partial charge in [-0.05, 0) is 48.7 Å². The van der Waals surface area contributed by atoms with Crippen LogP contribution in [0.15, 0.2) is 30.5 Å². The Bertz CT molecular complexity index is 543. The topological polar surface area (TPSA) is 35.0 Å². The van der Waals surface area contributed by atoms with Crippen LogP contribution in [-0.4, -0.2) is 16.6 Å². The summed E-state index contributed by atoms with van der Waals surface area (Å²) in [5, 5.41) is 0.288. The molecule has 0 unspecified atom stereocenters. The fourth-order valence-electron chi connectivity index (χ4n) is 1.74. The summed E-state index contributed by atoms with van der Waals surface area (Å²) in [6.45, 7) is 4.63. The van der Waals surface area contributed by atoms with Gasteiger partial charge in [-0.25, -0.2) is 9.97 Å². The minimum absolute atomic E-state index is 0.288. The molecule has 0 atom stereocenters. The molecule has 18 heavy (non-hydrogen) atoms. The molecule has 0 aliphatic carbocycles. The van der Waals surface area contributed by atoms with E-state index in [1.54, 1.807) is 6.20 Å². The molecule has 1 aromatic carbocycles. The van der Waals surface area contributed by atoms with Crippen LogP contribution in [0.2, 0.25) is 5.28 Å². The lowest BCUT2D eigenvalue weighted by molar-refractivity contribution is 0.340. The third kappa shape index (κ3) is 3.20. The summed E-state index contributed by atoms with van der Waals surface area (Å²) in [7, 11) is 0. The van der Waals surface area contributed by atoms with Crippen LogP contribution in [0.5, 0.6) is 5.75 Å². The average molecular weight is 263 g/mol. The molecule has 0 amide bonds. The predicted octanol–water partition coefficient (Wildman–Crippen LogP) is 3.43. The van der Waals surface area contributed by atoms with E-state index in [9.17, 15) is 0 Å². The molecule has 0 fully saturated rings. The van der Waals surface area contributed by atoms with Gasteiger partial charge in [0.2, 0.25) is 5.28 Å². The number of nitrogens with zero attached hydrogens (tertiary/aromatic N) is 2. The molecule has 3 nitrogen and oxygen atoms in total. The zero-order valence-electron chi connectivity index (χ0n) is 10.5. The highest BCUT2D eigenvalue weighted by molar-refractivity contribution is 6.28. The third-order valence-corrected chi connectivity index (χ3v) is 2.81. The van der Waals surface area contributed by atoms with Crippen molar-refractivity contribution in [2.45, 2.75) is 20.3 Å². The van der Waals surface area contributed by atoms with Gasteiger partial charge in [0, 0.05) is 12.6 Å². The first kappa shape index (κ1) is 12.8. The van der Waals surface area contributed by atoms with Crippen molar-refractivity contribution in [3.05, 3.63) is 52.6 Å². The zero-order chi connectivity index (χ0) is 13.0. The zero-order valence-corrected chi connectivity index (χ0v) is 11.2. The Morgan fingerprint density at radius 3 is 2.94 bits per heavy atom. The highest BCUT2D eigenvalue weighted by atomic mass is 35.5. The molecular weight excluding hydrogens is 248 g/mol. The maximum Gasteiger partial charge on any atom is 0.222 e. The Balaban J connectivity index is 2.22. The minimum atomic E-state index is 0.288. The van der Waals surface area contributed by atoms with Gasteiger partial charge in [-0.1, -0.05) is 12.1 Å². The summed E-state index contributed by atoms with van der Waals surface area (Å²) < 4.78 is 5.48. The van der Waals surface area contributed by atoms with Gasteiger partial charge >= 0.3 is 0 Å². The summed E-state index contributed by atoms with van der Waals surface area (Å²) in [4.78, 5) is 8.21. The molecule has 0 saturated heterocycles. The lowest BCUT2D eigenvalue weighted by Gasteiger charge is -2.07. The predicted molar refractivity (Wildman–Crippen MR) is 72.2 cm³/mol. The summed E-state index contributed by atoms with van der Waals surface area (Å²) in [6, 6.07) is 8.02. The molecule has 0 saturated carbocycles. The summed E-state index contributed by atoms with van der Waals surface area (Å²) >= 11 is 5.82. The van der Waals surface area contributed by atoms with Crippen molar-refractivity contribution >= 4 is 11.6 Å². The molecule has 2 rings (SSSR count). The standard InChI is InChI=1S/C14H15ClN2O/c1-3-18-12-6-4-5-11(7-12)8-13-10(2)9-16-14(15)17-13/h4-7,9H,3,8H2,1-2H3. The van der Waals surface area contributed by atoms with E-state index >= 15 is 0 Å². The molecule has 0 aliphatic rings. The highest BCUT2D eigenvalue weighted by Crippen LogP contribution is 2.17. The Hall–Kier alpha value is -1.61. The van der Waals surface area contributed by atoms with Gasteiger partial charge in [-0.3, -0.25) is 0 Å². The van der Waals surface area contributed by atoms with Crippen LogP contribution >= 0.6 is 11.6 Å². The van der Waals surface area contributed by atoms with Gasteiger partial charge in [0.25, 0.3) is 0 Å². The normalized spacial score (nSPS) is 10.4. The van der Waals surface area contributed by atoms with Crippen molar-refractivity contribution in [3.63, 3.8) is 0 Å². The quantitative estimate of drug-likeness (QED) is 0.792. The van der Waals surface area contributed by atoms with Crippen molar-refractivity contribution in [1.29, 1.82) is 0 Å². The maximum atomic E-state index is 5.82. The number of hydrogen-bond donors (Lipinski definition) is 0. The molecule has 0 N–H and O–H groups in total. The molecular formula is C14H15ClN2O. The van der Waals surface area contributed by atoms with Crippen LogP contribution in [-0.2, 0) is 6.42 Å². The van der Waals surface area contributed by atoms with Crippen LogP contribution in [0.4, 0.5) is 0 Å². The Kier molecular flexibility index (Phi) is 4.15. The third-order valence-electron chi connectivity index (χ3n) is 2.63. The lowest BCUT2D eigenvalue weighted by atomic mass is 10.1. The van der Waals surface area contributed by atoms with Crippen molar-refractivity contribution in [1.82, 2.24) is 9.97 Å². The molecule has 0 spiro atoms. The number of hydrogen-bond acceptors (Lipinski definition) is 3. The molecule has 0 bridgehead atoms. The number of aromatic nitrogens is 2. The summed E-state index contributed by atoms with van der Waals surface area (Å²) in [5.41, 5.74) is 3.14. The van der Waals surface area contributed by atoms with Crippen molar-refractivity contribution in [2.24, 2.45) is 0 Å². The van der Waals surface area contributed by atoms with Gasteiger partial charge in [0.05, 0.1) is 12.3 Å². The molecule has 0 radical (unpaired) electrons. The Labute approximate surface area is 112 Å². The second kappa shape index (κ2) is 5.83. The van der Waals surface area contributed by atoms with Crippen LogP contribution in [0.1, 0.15) is 23.7 Å². The fraction of sp³-hybridized carbons (Fsp3) is 0.286. The molecule has 1 aromatic heterocycles. The van der Waals surface area contributed by atoms with E-state index in [0.29, 0.717) is 6.61 Å². The maximum absolute atomic E-state index is 5.82. The van der Waals surface area contributed by atoms with Crippen molar-refractivity contribution in [3.8, 4) is 5.75 Å². The van der Waals surface area contributed by atoms with Crippen LogP contribution in [0.25, 0.3) is 0 Å². The van der Waals surface area contributed by atoms with E-state index in [0.717, 1.165) is 29.0 Å².